The van der Waals surface area contributed by atoms with Gasteiger partial charge in [0.05, 0.1) is 25.2 Å². The number of unbranched alkanes of at least 4 members (excludes halogenated alkanes) is 33. The molecule has 3 N–H and O–H groups in total. The summed E-state index contributed by atoms with van der Waals surface area (Å²) in [4.78, 5) is 26.2. The molecule has 0 aromatic carbocycles. The maximum absolute atomic E-state index is 13.2. The number of amides is 1. The van der Waals surface area contributed by atoms with Crippen LogP contribution in [0.15, 0.2) is 24.3 Å². The number of rotatable bonds is 49. The highest BCUT2D eigenvalue weighted by atomic mass is 16.5. The van der Waals surface area contributed by atoms with Gasteiger partial charge in [0.25, 0.3) is 0 Å². The molecule has 0 saturated carbocycles. The van der Waals surface area contributed by atoms with Crippen molar-refractivity contribution in [1.82, 2.24) is 5.32 Å². The van der Waals surface area contributed by atoms with Crippen LogP contribution in [0.1, 0.15) is 290 Å². The van der Waals surface area contributed by atoms with Crippen molar-refractivity contribution >= 4 is 11.9 Å². The maximum atomic E-state index is 13.2. The van der Waals surface area contributed by atoms with Crippen molar-refractivity contribution < 1.29 is 24.5 Å². The normalized spacial score (nSPS) is 13.3. The molecule has 6 heteroatoms. The molecule has 0 fully saturated rings. The zero-order valence-corrected chi connectivity index (χ0v) is 41.1. The van der Waals surface area contributed by atoms with Crippen LogP contribution in [-0.4, -0.2) is 46.9 Å². The van der Waals surface area contributed by atoms with Gasteiger partial charge in [-0.25, -0.2) is 0 Å². The average Bonchev–Trinajstić information content (AvgIpc) is 3.25. The van der Waals surface area contributed by atoms with E-state index in [9.17, 15) is 19.8 Å². The largest absolute Gasteiger partial charge is 0.462 e. The minimum Gasteiger partial charge on any atom is -0.462 e. The molecule has 0 aromatic heterocycles. The van der Waals surface area contributed by atoms with Crippen molar-refractivity contribution in [3.05, 3.63) is 24.3 Å². The highest BCUT2D eigenvalue weighted by Crippen LogP contribution is 2.18. The average molecular weight is 860 g/mol. The van der Waals surface area contributed by atoms with E-state index in [0.29, 0.717) is 19.3 Å². The van der Waals surface area contributed by atoms with Gasteiger partial charge in [0.1, 0.15) is 6.10 Å². The van der Waals surface area contributed by atoms with E-state index in [-0.39, 0.29) is 24.9 Å². The predicted octanol–water partition coefficient (Wildman–Crippen LogP) is 16.3. The summed E-state index contributed by atoms with van der Waals surface area (Å²) in [7, 11) is 0. The Kier molecular flexibility index (Phi) is 48.0. The molecule has 0 aromatic rings. The van der Waals surface area contributed by atoms with Crippen LogP contribution in [-0.2, 0) is 14.3 Å². The predicted molar refractivity (Wildman–Crippen MR) is 264 cm³/mol. The second-order valence-corrected chi connectivity index (χ2v) is 18.6. The first-order valence-electron chi connectivity index (χ1n) is 27.1. The Bertz CT molecular complexity index is 966. The Balaban J connectivity index is 4.58. The van der Waals surface area contributed by atoms with E-state index in [1.165, 1.54) is 180 Å². The molecule has 0 aliphatic heterocycles. The SMILES string of the molecule is CCCCCC/C=C\CCCCCCCCCC(=O)OC(CCCCC/C=C/CCCCCCCCCCC)CC(=O)NC(CO)C(O)CCCCCCCCCCCCC. The summed E-state index contributed by atoms with van der Waals surface area (Å²) in [6, 6.07) is -0.703. The van der Waals surface area contributed by atoms with Gasteiger partial charge >= 0.3 is 5.97 Å². The van der Waals surface area contributed by atoms with Gasteiger partial charge in [-0.05, 0) is 77.0 Å². The van der Waals surface area contributed by atoms with Gasteiger partial charge < -0.3 is 20.3 Å². The molecular weight excluding hydrogens is 755 g/mol. The minimum absolute atomic E-state index is 0.0695. The summed E-state index contributed by atoms with van der Waals surface area (Å²) < 4.78 is 5.94. The Morgan fingerprint density at radius 3 is 1.20 bits per heavy atom. The lowest BCUT2D eigenvalue weighted by Gasteiger charge is -2.24. The number of carbonyl (C=O) groups excluding carboxylic acids is 2. The molecule has 0 saturated heterocycles. The molecule has 3 atom stereocenters. The van der Waals surface area contributed by atoms with Crippen LogP contribution >= 0.6 is 0 Å². The van der Waals surface area contributed by atoms with E-state index in [1.807, 2.05) is 0 Å². The first-order valence-corrected chi connectivity index (χ1v) is 27.1. The van der Waals surface area contributed by atoms with Gasteiger partial charge in [-0.15, -0.1) is 0 Å². The number of nitrogens with one attached hydrogen (secondary N) is 1. The van der Waals surface area contributed by atoms with Crippen LogP contribution in [0, 0.1) is 0 Å². The van der Waals surface area contributed by atoms with Gasteiger partial charge in [0.15, 0.2) is 0 Å². The molecule has 0 radical (unpaired) electrons. The van der Waals surface area contributed by atoms with Gasteiger partial charge in [-0.3, -0.25) is 9.59 Å². The zero-order valence-electron chi connectivity index (χ0n) is 41.1. The van der Waals surface area contributed by atoms with Crippen molar-refractivity contribution in [2.24, 2.45) is 0 Å². The Morgan fingerprint density at radius 1 is 0.459 bits per heavy atom. The number of aliphatic hydroxyl groups is 2. The fourth-order valence-corrected chi connectivity index (χ4v) is 8.36. The van der Waals surface area contributed by atoms with Gasteiger partial charge in [0.2, 0.25) is 5.91 Å². The van der Waals surface area contributed by atoms with Crippen LogP contribution in [0.25, 0.3) is 0 Å². The summed E-state index contributed by atoms with van der Waals surface area (Å²) in [6.07, 6.45) is 56.7. The maximum Gasteiger partial charge on any atom is 0.306 e. The third-order valence-electron chi connectivity index (χ3n) is 12.5. The minimum atomic E-state index is -0.788. The fourth-order valence-electron chi connectivity index (χ4n) is 8.36. The van der Waals surface area contributed by atoms with Crippen molar-refractivity contribution in [3.63, 3.8) is 0 Å². The number of carbonyl (C=O) groups is 2. The number of esters is 1. The van der Waals surface area contributed by atoms with E-state index in [1.54, 1.807) is 0 Å². The van der Waals surface area contributed by atoms with Crippen molar-refractivity contribution in [3.8, 4) is 0 Å². The van der Waals surface area contributed by atoms with Crippen molar-refractivity contribution in [2.45, 2.75) is 309 Å². The monoisotopic (exact) mass is 860 g/mol. The molecule has 0 bridgehead atoms. The lowest BCUT2D eigenvalue weighted by atomic mass is 10.0. The van der Waals surface area contributed by atoms with Crippen LogP contribution in [0.2, 0.25) is 0 Å². The lowest BCUT2D eigenvalue weighted by molar-refractivity contribution is -0.151. The van der Waals surface area contributed by atoms with E-state index in [0.717, 1.165) is 64.2 Å². The first kappa shape index (κ1) is 59.3. The number of allylic oxidation sites excluding steroid dienone is 4. The highest BCUT2D eigenvalue weighted by molar-refractivity contribution is 5.77. The molecule has 360 valence electrons. The van der Waals surface area contributed by atoms with Crippen LogP contribution in [0.5, 0.6) is 0 Å². The topological polar surface area (TPSA) is 95.9 Å². The molecule has 6 nitrogen and oxygen atoms in total. The summed E-state index contributed by atoms with van der Waals surface area (Å²) in [5, 5.41) is 23.8. The standard InChI is InChI=1S/C55H105NO5/c1-4-7-10-13-16-19-22-24-26-28-29-32-34-37-40-43-46-51(61-55(60)48-45-42-39-36-33-30-27-25-23-20-17-14-11-8-5-2)49-54(59)56-52(50-57)53(58)47-44-41-38-35-31-21-18-15-12-9-6-3/h20,23,29,32,51-53,57-58H,4-19,21-22,24-28,30-31,33-50H2,1-3H3,(H,56,59)/b23-20-,32-29+. The third-order valence-corrected chi connectivity index (χ3v) is 12.5. The number of aliphatic hydroxyl groups excluding tert-OH is 2. The Hall–Kier alpha value is -1.66. The molecule has 3 unspecified atom stereocenters. The van der Waals surface area contributed by atoms with Crippen LogP contribution < -0.4 is 5.32 Å². The molecule has 0 heterocycles. The van der Waals surface area contributed by atoms with Gasteiger partial charge in [-0.2, -0.15) is 0 Å². The summed E-state index contributed by atoms with van der Waals surface area (Å²) in [5.74, 6) is -0.481. The molecular formula is C55H105NO5. The highest BCUT2D eigenvalue weighted by Gasteiger charge is 2.24. The quantitative estimate of drug-likeness (QED) is 0.0322. The summed E-state index contributed by atoms with van der Waals surface area (Å²) in [5.41, 5.74) is 0. The van der Waals surface area contributed by atoms with Crippen LogP contribution in [0.3, 0.4) is 0 Å². The molecule has 0 rings (SSSR count). The Morgan fingerprint density at radius 2 is 0.787 bits per heavy atom. The third kappa shape index (κ3) is 44.7. The molecule has 1 amide bonds. The van der Waals surface area contributed by atoms with E-state index in [2.05, 4.69) is 50.4 Å². The summed E-state index contributed by atoms with van der Waals surface area (Å²) in [6.45, 7) is 6.48. The zero-order chi connectivity index (χ0) is 44.5. The van der Waals surface area contributed by atoms with Gasteiger partial charge in [-0.1, -0.05) is 225 Å². The number of ether oxygens (including phenoxy) is 1. The fraction of sp³-hybridized carbons (Fsp3) is 0.891. The summed E-state index contributed by atoms with van der Waals surface area (Å²) >= 11 is 0. The second-order valence-electron chi connectivity index (χ2n) is 18.6. The number of hydrogen-bond acceptors (Lipinski definition) is 5. The lowest BCUT2D eigenvalue weighted by Crippen LogP contribution is -2.46. The van der Waals surface area contributed by atoms with E-state index >= 15 is 0 Å². The van der Waals surface area contributed by atoms with Gasteiger partial charge in [0, 0.05) is 6.42 Å². The van der Waals surface area contributed by atoms with E-state index < -0.39 is 18.2 Å². The van der Waals surface area contributed by atoms with Crippen molar-refractivity contribution in [2.75, 3.05) is 6.61 Å². The second kappa shape index (κ2) is 49.4. The van der Waals surface area contributed by atoms with Crippen molar-refractivity contribution in [1.29, 1.82) is 0 Å². The first-order chi connectivity index (χ1) is 30.0. The molecule has 0 spiro atoms. The smallest absolute Gasteiger partial charge is 0.306 e. The molecule has 61 heavy (non-hydrogen) atoms. The molecule has 0 aliphatic rings. The number of hydrogen-bond donors (Lipinski definition) is 3. The molecule has 0 aliphatic carbocycles. The Labute approximate surface area is 380 Å². The van der Waals surface area contributed by atoms with E-state index in [4.69, 9.17) is 4.74 Å². The van der Waals surface area contributed by atoms with Crippen LogP contribution in [0.4, 0.5) is 0 Å².